The summed E-state index contributed by atoms with van der Waals surface area (Å²) in [5.74, 6) is -0.164. The van der Waals surface area contributed by atoms with Gasteiger partial charge in [0, 0.05) is 17.6 Å². The summed E-state index contributed by atoms with van der Waals surface area (Å²) in [6.45, 7) is 2.33. The predicted octanol–water partition coefficient (Wildman–Crippen LogP) is 4.15. The second-order valence-corrected chi connectivity index (χ2v) is 7.09. The van der Waals surface area contributed by atoms with E-state index < -0.39 is 0 Å². The van der Waals surface area contributed by atoms with Crippen LogP contribution in [0.3, 0.4) is 0 Å². The lowest BCUT2D eigenvalue weighted by Crippen LogP contribution is -2.37. The monoisotopic (exact) mass is 385 g/mol. The lowest BCUT2D eigenvalue weighted by Gasteiger charge is -2.21. The highest BCUT2D eigenvalue weighted by Gasteiger charge is 2.15. The van der Waals surface area contributed by atoms with Crippen LogP contribution in [0.15, 0.2) is 53.0 Å². The van der Waals surface area contributed by atoms with Crippen LogP contribution in [0.5, 0.6) is 0 Å². The van der Waals surface area contributed by atoms with Crippen molar-refractivity contribution in [1.29, 1.82) is 0 Å². The number of fused-ring (bicyclic) bond motifs is 1. The number of aromatic nitrogens is 1. The number of nitrogens with one attached hydrogen (secondary N) is 3. The molecule has 0 bridgehead atoms. The first-order valence-electron chi connectivity index (χ1n) is 9.29. The van der Waals surface area contributed by atoms with Crippen LogP contribution >= 0.6 is 11.6 Å². The fourth-order valence-corrected chi connectivity index (χ4v) is 3.49. The molecule has 0 fully saturated rings. The summed E-state index contributed by atoms with van der Waals surface area (Å²) in [5, 5.41) is 7.76. The van der Waals surface area contributed by atoms with Crippen molar-refractivity contribution in [3.05, 3.63) is 63.6 Å². The summed E-state index contributed by atoms with van der Waals surface area (Å²) in [6, 6.07) is 5.25. The van der Waals surface area contributed by atoms with E-state index >= 15 is 0 Å². The normalized spacial score (nSPS) is 14.8. The average Bonchev–Trinajstić information content (AvgIpc) is 2.67. The Morgan fingerprint density at radius 1 is 1.33 bits per heavy atom. The van der Waals surface area contributed by atoms with Crippen molar-refractivity contribution < 1.29 is 4.79 Å². The molecule has 6 heteroatoms. The Balaban J connectivity index is 1.67. The number of hydrogen-bond acceptors (Lipinski definition) is 3. The smallest absolute Gasteiger partial charge is 0.255 e. The molecule has 0 aliphatic heterocycles. The molecule has 0 spiro atoms. The number of aromatic amines is 1. The van der Waals surface area contributed by atoms with Crippen LogP contribution in [-0.2, 0) is 4.79 Å². The number of rotatable bonds is 7. The third kappa shape index (κ3) is 4.87. The highest BCUT2D eigenvalue weighted by atomic mass is 35.5. The molecule has 3 N–H and O–H groups in total. The summed E-state index contributed by atoms with van der Waals surface area (Å²) >= 11 is 6.25. The van der Waals surface area contributed by atoms with Crippen LogP contribution in [0.4, 0.5) is 5.69 Å². The van der Waals surface area contributed by atoms with E-state index in [1.54, 1.807) is 24.4 Å². The van der Waals surface area contributed by atoms with E-state index in [9.17, 15) is 9.59 Å². The van der Waals surface area contributed by atoms with Crippen molar-refractivity contribution in [2.75, 3.05) is 11.9 Å². The molecule has 1 aliphatic carbocycles. The molecule has 1 atom stereocenters. The van der Waals surface area contributed by atoms with Gasteiger partial charge < -0.3 is 15.6 Å². The van der Waals surface area contributed by atoms with Gasteiger partial charge in [0.25, 0.3) is 5.56 Å². The average molecular weight is 386 g/mol. The first-order chi connectivity index (χ1) is 13.1. The lowest BCUT2D eigenvalue weighted by atomic mass is 9.97. The van der Waals surface area contributed by atoms with Crippen molar-refractivity contribution in [2.24, 2.45) is 0 Å². The summed E-state index contributed by atoms with van der Waals surface area (Å²) in [5.41, 5.74) is 1.55. The summed E-state index contributed by atoms with van der Waals surface area (Å²) < 4.78 is 0. The predicted molar refractivity (Wildman–Crippen MR) is 111 cm³/mol. The van der Waals surface area contributed by atoms with Crippen LogP contribution in [-0.4, -0.2) is 23.5 Å². The molecule has 5 nitrogen and oxygen atoms in total. The molecule has 142 valence electrons. The number of benzene rings is 1. The molecule has 2 aromatic rings. The zero-order valence-corrected chi connectivity index (χ0v) is 16.1. The first-order valence-corrected chi connectivity index (χ1v) is 9.67. The maximum absolute atomic E-state index is 12.4. The lowest BCUT2D eigenvalue weighted by molar-refractivity contribution is -0.115. The molecule has 1 aromatic heterocycles. The van der Waals surface area contributed by atoms with Gasteiger partial charge in [-0.3, -0.25) is 9.59 Å². The standard InChI is InChI=1S/C21H24ClN3O2/c1-2-6-18(14-7-4-3-5-8-14)24-13-20(26)25-19-11-15-9-10-23-21(27)16(15)12-17(19)22/h4,7-12,18,24H,2-3,5-6,13H2,1H3,(H,23,27)(H,25,26). The highest BCUT2D eigenvalue weighted by Crippen LogP contribution is 2.26. The van der Waals surface area contributed by atoms with Gasteiger partial charge in [0.1, 0.15) is 0 Å². The molecule has 1 aliphatic rings. The number of pyridine rings is 1. The summed E-state index contributed by atoms with van der Waals surface area (Å²) in [7, 11) is 0. The van der Waals surface area contributed by atoms with Crippen molar-refractivity contribution in [1.82, 2.24) is 10.3 Å². The van der Waals surface area contributed by atoms with E-state index in [4.69, 9.17) is 11.6 Å². The number of carbonyl (C=O) groups excluding carboxylic acids is 1. The minimum Gasteiger partial charge on any atom is -0.329 e. The molecule has 1 unspecified atom stereocenters. The Bertz CT molecular complexity index is 946. The molecule has 0 saturated carbocycles. The molecule has 0 saturated heterocycles. The Hall–Kier alpha value is -2.37. The number of halogens is 1. The maximum Gasteiger partial charge on any atom is 0.255 e. The van der Waals surface area contributed by atoms with E-state index in [0.717, 1.165) is 31.1 Å². The zero-order chi connectivity index (χ0) is 19.2. The highest BCUT2D eigenvalue weighted by molar-refractivity contribution is 6.34. The number of hydrogen-bond donors (Lipinski definition) is 3. The first kappa shape index (κ1) is 19.4. The largest absolute Gasteiger partial charge is 0.329 e. The Kier molecular flexibility index (Phi) is 6.48. The minimum atomic E-state index is -0.204. The quantitative estimate of drug-likeness (QED) is 0.670. The molecule has 1 aromatic carbocycles. The second-order valence-electron chi connectivity index (χ2n) is 6.68. The van der Waals surface area contributed by atoms with E-state index in [1.807, 2.05) is 0 Å². The van der Waals surface area contributed by atoms with Crippen LogP contribution in [0.25, 0.3) is 10.8 Å². The summed E-state index contributed by atoms with van der Waals surface area (Å²) in [4.78, 5) is 26.9. The van der Waals surface area contributed by atoms with Crippen molar-refractivity contribution in [3.8, 4) is 0 Å². The van der Waals surface area contributed by atoms with Crippen molar-refractivity contribution >= 4 is 34.0 Å². The van der Waals surface area contributed by atoms with Gasteiger partial charge in [-0.2, -0.15) is 0 Å². The third-order valence-corrected chi connectivity index (χ3v) is 4.96. The van der Waals surface area contributed by atoms with Gasteiger partial charge in [-0.1, -0.05) is 43.2 Å². The zero-order valence-electron chi connectivity index (χ0n) is 15.3. The number of allylic oxidation sites excluding steroid dienone is 2. The molecule has 1 amide bonds. The van der Waals surface area contributed by atoms with Crippen LogP contribution in [0, 0.1) is 0 Å². The van der Waals surface area contributed by atoms with Crippen LogP contribution in [0.1, 0.15) is 32.6 Å². The summed E-state index contributed by atoms with van der Waals surface area (Å²) in [6.07, 6.45) is 12.3. The van der Waals surface area contributed by atoms with Gasteiger partial charge in [-0.25, -0.2) is 0 Å². The number of carbonyl (C=O) groups is 1. The van der Waals surface area contributed by atoms with E-state index in [1.165, 1.54) is 5.57 Å². The fraction of sp³-hybridized carbons (Fsp3) is 0.333. The fourth-order valence-electron chi connectivity index (χ4n) is 3.28. The third-order valence-electron chi connectivity index (χ3n) is 4.65. The molecular formula is C21H24ClN3O2. The number of H-pyrrole nitrogens is 1. The molecule has 1 heterocycles. The Morgan fingerprint density at radius 3 is 2.93 bits per heavy atom. The number of anilines is 1. The second kappa shape index (κ2) is 9.02. The van der Waals surface area contributed by atoms with Gasteiger partial charge in [0.15, 0.2) is 0 Å². The van der Waals surface area contributed by atoms with Crippen molar-refractivity contribution in [2.45, 2.75) is 38.6 Å². The van der Waals surface area contributed by atoms with Crippen molar-refractivity contribution in [3.63, 3.8) is 0 Å². The van der Waals surface area contributed by atoms with Gasteiger partial charge in [-0.05, 0) is 48.4 Å². The molecule has 0 radical (unpaired) electrons. The molecular weight excluding hydrogens is 362 g/mol. The van der Waals surface area contributed by atoms with Gasteiger partial charge in [-0.15, -0.1) is 0 Å². The van der Waals surface area contributed by atoms with E-state index in [-0.39, 0.29) is 24.1 Å². The van der Waals surface area contributed by atoms with Crippen LogP contribution < -0.4 is 16.2 Å². The number of amides is 1. The minimum absolute atomic E-state index is 0.164. The van der Waals surface area contributed by atoms with Gasteiger partial charge in [0.2, 0.25) is 5.91 Å². The van der Waals surface area contributed by atoms with E-state index in [2.05, 4.69) is 40.8 Å². The Morgan fingerprint density at radius 2 is 2.19 bits per heavy atom. The van der Waals surface area contributed by atoms with Gasteiger partial charge in [0.05, 0.1) is 17.3 Å². The van der Waals surface area contributed by atoms with E-state index in [0.29, 0.717) is 16.1 Å². The van der Waals surface area contributed by atoms with Crippen LogP contribution in [0.2, 0.25) is 5.02 Å². The maximum atomic E-state index is 12.4. The Labute approximate surface area is 163 Å². The van der Waals surface area contributed by atoms with Gasteiger partial charge >= 0.3 is 0 Å². The molecule has 27 heavy (non-hydrogen) atoms. The molecule has 3 rings (SSSR count). The SMILES string of the molecule is CCCC(NCC(=O)Nc1cc2cc[nH]c(=O)c2cc1Cl)C1=CCCC=C1. The topological polar surface area (TPSA) is 74.0 Å².